The number of piperidine rings is 1. The number of nitrogens with one attached hydrogen (secondary N) is 1. The van der Waals surface area contributed by atoms with Crippen LogP contribution in [0.3, 0.4) is 0 Å². The minimum Gasteiger partial charge on any atom is -0.344 e. The summed E-state index contributed by atoms with van der Waals surface area (Å²) in [5.74, 6) is 0.165. The second-order valence-electron chi connectivity index (χ2n) is 3.53. The number of hydrogen-bond donors (Lipinski definition) is 1. The molecule has 0 aromatic carbocycles. The van der Waals surface area contributed by atoms with Gasteiger partial charge in [-0.2, -0.15) is 0 Å². The molecule has 0 aromatic rings. The predicted molar refractivity (Wildman–Crippen MR) is 53.3 cm³/mol. The van der Waals surface area contributed by atoms with Crippen molar-refractivity contribution in [2.24, 2.45) is 0 Å². The molecular formula is C8H16N2O3S. The summed E-state index contributed by atoms with van der Waals surface area (Å²) in [5.41, 5.74) is 0. The van der Waals surface area contributed by atoms with Gasteiger partial charge in [-0.1, -0.05) is 0 Å². The fourth-order valence-corrected chi connectivity index (χ4v) is 2.31. The van der Waals surface area contributed by atoms with Crippen LogP contribution in [0.15, 0.2) is 0 Å². The highest BCUT2D eigenvalue weighted by Crippen LogP contribution is 2.10. The Kier molecular flexibility index (Phi) is 3.49. The molecule has 5 nitrogen and oxygen atoms in total. The van der Waals surface area contributed by atoms with Crippen molar-refractivity contribution in [3.63, 3.8) is 0 Å². The lowest BCUT2D eigenvalue weighted by Gasteiger charge is -2.29. The second-order valence-corrected chi connectivity index (χ2v) is 5.57. The van der Waals surface area contributed by atoms with E-state index in [-0.39, 0.29) is 17.7 Å². The van der Waals surface area contributed by atoms with Crippen LogP contribution < -0.4 is 4.72 Å². The molecule has 1 saturated heterocycles. The van der Waals surface area contributed by atoms with Crippen LogP contribution in [-0.2, 0) is 14.8 Å². The topological polar surface area (TPSA) is 66.5 Å². The van der Waals surface area contributed by atoms with Crippen LogP contribution in [-0.4, -0.2) is 44.6 Å². The number of hydrogen-bond acceptors (Lipinski definition) is 3. The first-order valence-electron chi connectivity index (χ1n) is 4.68. The van der Waals surface area contributed by atoms with Crippen molar-refractivity contribution in [3.05, 3.63) is 0 Å². The van der Waals surface area contributed by atoms with E-state index in [1.54, 1.807) is 18.9 Å². The molecule has 0 saturated carbocycles. The number of carbonyl (C=O) groups excluding carboxylic acids is 1. The predicted octanol–water partition coefficient (Wildman–Crippen LogP) is -0.453. The molecule has 6 heteroatoms. The Labute approximate surface area is 84.5 Å². The lowest BCUT2D eigenvalue weighted by atomic mass is 10.1. The molecule has 0 radical (unpaired) electrons. The van der Waals surface area contributed by atoms with Gasteiger partial charge in [0.05, 0.1) is 5.75 Å². The van der Waals surface area contributed by atoms with E-state index in [0.717, 1.165) is 0 Å². The molecule has 1 rings (SSSR count). The first kappa shape index (κ1) is 11.5. The molecule has 0 spiro atoms. The molecule has 1 amide bonds. The van der Waals surface area contributed by atoms with E-state index in [4.69, 9.17) is 0 Å². The Hall–Kier alpha value is -0.620. The first-order valence-corrected chi connectivity index (χ1v) is 6.34. The third-order valence-corrected chi connectivity index (χ3v) is 3.81. The Morgan fingerprint density at radius 1 is 1.57 bits per heavy atom. The van der Waals surface area contributed by atoms with Crippen LogP contribution in [0.5, 0.6) is 0 Å². The van der Waals surface area contributed by atoms with Gasteiger partial charge < -0.3 is 4.90 Å². The monoisotopic (exact) mass is 220 g/mol. The summed E-state index contributed by atoms with van der Waals surface area (Å²) in [6.07, 6.45) is 1.02. The number of likely N-dealkylation sites (N-methyl/N-ethyl adjacent to an activating group) is 1. The molecule has 1 atom stereocenters. The molecular weight excluding hydrogens is 204 g/mol. The van der Waals surface area contributed by atoms with Crippen molar-refractivity contribution in [1.29, 1.82) is 0 Å². The van der Waals surface area contributed by atoms with Gasteiger partial charge in [-0.3, -0.25) is 4.79 Å². The van der Waals surface area contributed by atoms with Crippen LogP contribution in [0.4, 0.5) is 0 Å². The Balaban J connectivity index is 2.53. The van der Waals surface area contributed by atoms with Gasteiger partial charge in [-0.25, -0.2) is 13.1 Å². The van der Waals surface area contributed by atoms with Gasteiger partial charge in [0.2, 0.25) is 15.9 Å². The van der Waals surface area contributed by atoms with Gasteiger partial charge in [0, 0.05) is 26.1 Å². The van der Waals surface area contributed by atoms with E-state index in [2.05, 4.69) is 4.72 Å². The van der Waals surface area contributed by atoms with Gasteiger partial charge in [0.15, 0.2) is 0 Å². The number of sulfonamides is 1. The van der Waals surface area contributed by atoms with Crippen LogP contribution >= 0.6 is 0 Å². The normalized spacial score (nSPS) is 24.0. The Morgan fingerprint density at radius 2 is 2.21 bits per heavy atom. The van der Waals surface area contributed by atoms with Crippen molar-refractivity contribution in [2.45, 2.75) is 25.8 Å². The van der Waals surface area contributed by atoms with Crippen LogP contribution in [0.2, 0.25) is 0 Å². The largest absolute Gasteiger partial charge is 0.344 e. The second kappa shape index (κ2) is 4.27. The molecule has 14 heavy (non-hydrogen) atoms. The zero-order chi connectivity index (χ0) is 10.8. The summed E-state index contributed by atoms with van der Waals surface area (Å²) >= 11 is 0. The quantitative estimate of drug-likeness (QED) is 0.700. The average molecular weight is 220 g/mol. The summed E-state index contributed by atoms with van der Waals surface area (Å²) in [4.78, 5) is 12.7. The van der Waals surface area contributed by atoms with E-state index in [1.807, 2.05) is 0 Å². The maximum absolute atomic E-state index is 11.2. The van der Waals surface area contributed by atoms with Crippen molar-refractivity contribution in [2.75, 3.05) is 19.3 Å². The zero-order valence-electron chi connectivity index (χ0n) is 8.49. The van der Waals surface area contributed by atoms with E-state index in [0.29, 0.717) is 19.4 Å². The summed E-state index contributed by atoms with van der Waals surface area (Å²) in [6.45, 7) is 2.07. The highest BCUT2D eigenvalue weighted by Gasteiger charge is 2.25. The molecule has 1 N–H and O–H groups in total. The molecule has 1 aliphatic heterocycles. The number of likely N-dealkylation sites (tertiary alicyclic amines) is 1. The van der Waals surface area contributed by atoms with Crippen LogP contribution in [0.25, 0.3) is 0 Å². The maximum atomic E-state index is 11.2. The van der Waals surface area contributed by atoms with Crippen LogP contribution in [0.1, 0.15) is 19.8 Å². The summed E-state index contributed by atoms with van der Waals surface area (Å²) in [7, 11) is -1.46. The van der Waals surface area contributed by atoms with E-state index < -0.39 is 10.0 Å². The average Bonchev–Trinajstić information content (AvgIpc) is 2.11. The first-order chi connectivity index (χ1) is 6.44. The van der Waals surface area contributed by atoms with Crippen LogP contribution in [0, 0.1) is 0 Å². The molecule has 0 aliphatic carbocycles. The highest BCUT2D eigenvalue weighted by molar-refractivity contribution is 7.89. The SMILES string of the molecule is CCS(=O)(=O)NC1CCC(=O)N(C)C1. The van der Waals surface area contributed by atoms with Gasteiger partial charge in [0.1, 0.15) is 0 Å². The van der Waals surface area contributed by atoms with Crippen molar-refractivity contribution in [1.82, 2.24) is 9.62 Å². The van der Waals surface area contributed by atoms with Gasteiger partial charge in [0.25, 0.3) is 0 Å². The molecule has 1 heterocycles. The third-order valence-electron chi connectivity index (χ3n) is 2.35. The molecule has 0 aromatic heterocycles. The summed E-state index contributed by atoms with van der Waals surface area (Å²) in [5, 5.41) is 0. The van der Waals surface area contributed by atoms with E-state index in [1.165, 1.54) is 0 Å². The maximum Gasteiger partial charge on any atom is 0.222 e. The van der Waals surface area contributed by atoms with E-state index in [9.17, 15) is 13.2 Å². The van der Waals surface area contributed by atoms with Gasteiger partial charge in [-0.15, -0.1) is 0 Å². The Bertz CT molecular complexity index is 313. The zero-order valence-corrected chi connectivity index (χ0v) is 9.30. The standard InChI is InChI=1S/C8H16N2O3S/c1-3-14(12,13)9-7-4-5-8(11)10(2)6-7/h7,9H,3-6H2,1-2H3. The smallest absolute Gasteiger partial charge is 0.222 e. The molecule has 0 bridgehead atoms. The van der Waals surface area contributed by atoms with Crippen molar-refractivity contribution in [3.8, 4) is 0 Å². The number of rotatable bonds is 3. The van der Waals surface area contributed by atoms with Gasteiger partial charge >= 0.3 is 0 Å². The molecule has 1 unspecified atom stereocenters. The number of nitrogens with zero attached hydrogens (tertiary/aromatic N) is 1. The number of carbonyl (C=O) groups is 1. The summed E-state index contributed by atoms with van der Waals surface area (Å²) < 4.78 is 25.1. The fraction of sp³-hybridized carbons (Fsp3) is 0.875. The number of amides is 1. The Morgan fingerprint density at radius 3 is 2.71 bits per heavy atom. The molecule has 1 aliphatic rings. The third kappa shape index (κ3) is 2.95. The van der Waals surface area contributed by atoms with Gasteiger partial charge in [-0.05, 0) is 13.3 Å². The highest BCUT2D eigenvalue weighted by atomic mass is 32.2. The minimum absolute atomic E-state index is 0.0805. The molecule has 1 fully saturated rings. The molecule has 82 valence electrons. The van der Waals surface area contributed by atoms with E-state index >= 15 is 0 Å². The van der Waals surface area contributed by atoms with Crippen molar-refractivity contribution >= 4 is 15.9 Å². The van der Waals surface area contributed by atoms with Crippen molar-refractivity contribution < 1.29 is 13.2 Å². The summed E-state index contributed by atoms with van der Waals surface area (Å²) in [6, 6.07) is -0.123. The lowest BCUT2D eigenvalue weighted by Crippen LogP contribution is -2.48. The fourth-order valence-electron chi connectivity index (χ4n) is 1.45. The minimum atomic E-state index is -3.15. The lowest BCUT2D eigenvalue weighted by molar-refractivity contribution is -0.132.